The molecule has 2 aromatic carbocycles. The number of benzene rings is 2. The minimum absolute atomic E-state index is 0.774. The molecular formula is C17H21BrN2. The van der Waals surface area contributed by atoms with Crippen molar-refractivity contribution < 1.29 is 0 Å². The molecule has 0 saturated heterocycles. The second-order valence-corrected chi connectivity index (χ2v) is 6.19. The quantitative estimate of drug-likeness (QED) is 0.802. The zero-order valence-electron chi connectivity index (χ0n) is 12.3. The molecule has 0 aliphatic carbocycles. The van der Waals surface area contributed by atoms with Gasteiger partial charge in [0.05, 0.1) is 11.4 Å². The molecule has 2 aromatic rings. The fourth-order valence-corrected chi connectivity index (χ4v) is 2.69. The molecule has 2 rings (SSSR count). The maximum absolute atomic E-state index is 5.98. The van der Waals surface area contributed by atoms with Gasteiger partial charge in [-0.1, -0.05) is 28.1 Å². The summed E-state index contributed by atoms with van der Waals surface area (Å²) in [7, 11) is 0. The summed E-state index contributed by atoms with van der Waals surface area (Å²) in [6, 6.07) is 10.5. The highest BCUT2D eigenvalue weighted by atomic mass is 79.9. The first kappa shape index (κ1) is 14.9. The molecule has 0 spiro atoms. The van der Waals surface area contributed by atoms with Crippen LogP contribution in [-0.2, 0) is 6.42 Å². The van der Waals surface area contributed by atoms with Crippen molar-refractivity contribution >= 4 is 27.3 Å². The van der Waals surface area contributed by atoms with Crippen LogP contribution in [0.3, 0.4) is 0 Å². The summed E-state index contributed by atoms with van der Waals surface area (Å²) < 4.78 is 1.01. The molecule has 0 fully saturated rings. The first-order valence-electron chi connectivity index (χ1n) is 6.83. The Kier molecular flexibility index (Phi) is 4.71. The van der Waals surface area contributed by atoms with E-state index in [2.05, 4.69) is 54.2 Å². The molecule has 3 N–H and O–H groups in total. The van der Waals surface area contributed by atoms with Crippen LogP contribution in [0.2, 0.25) is 0 Å². The van der Waals surface area contributed by atoms with Gasteiger partial charge in [-0.3, -0.25) is 0 Å². The maximum Gasteiger partial charge on any atom is 0.0574 e. The molecule has 20 heavy (non-hydrogen) atoms. The molecule has 0 amide bonds. The normalized spacial score (nSPS) is 10.6. The van der Waals surface area contributed by atoms with Crippen LogP contribution in [0.1, 0.15) is 22.3 Å². The highest BCUT2D eigenvalue weighted by molar-refractivity contribution is 9.10. The summed E-state index contributed by atoms with van der Waals surface area (Å²) in [4.78, 5) is 0. The van der Waals surface area contributed by atoms with Crippen molar-refractivity contribution in [1.82, 2.24) is 0 Å². The number of anilines is 2. The monoisotopic (exact) mass is 332 g/mol. The van der Waals surface area contributed by atoms with Gasteiger partial charge in [0.25, 0.3) is 0 Å². The number of hydrogen-bond acceptors (Lipinski definition) is 2. The van der Waals surface area contributed by atoms with Gasteiger partial charge in [-0.15, -0.1) is 0 Å². The molecule has 0 saturated carbocycles. The van der Waals surface area contributed by atoms with E-state index >= 15 is 0 Å². The smallest absolute Gasteiger partial charge is 0.0574 e. The van der Waals surface area contributed by atoms with Gasteiger partial charge in [0.15, 0.2) is 0 Å². The topological polar surface area (TPSA) is 38.0 Å². The van der Waals surface area contributed by atoms with Crippen LogP contribution in [0.4, 0.5) is 11.4 Å². The molecule has 0 radical (unpaired) electrons. The highest BCUT2D eigenvalue weighted by Gasteiger charge is 2.03. The number of nitrogen functional groups attached to an aromatic ring is 1. The van der Waals surface area contributed by atoms with Crippen LogP contribution in [0.15, 0.2) is 34.8 Å². The Morgan fingerprint density at radius 1 is 1.00 bits per heavy atom. The Balaban J connectivity index is 2.01. The summed E-state index contributed by atoms with van der Waals surface area (Å²) in [6.07, 6.45) is 1.00. The van der Waals surface area contributed by atoms with E-state index in [1.165, 1.54) is 22.3 Å². The second kappa shape index (κ2) is 6.31. The third-order valence-electron chi connectivity index (χ3n) is 3.68. The van der Waals surface area contributed by atoms with Crippen molar-refractivity contribution in [3.05, 3.63) is 57.1 Å². The summed E-state index contributed by atoms with van der Waals surface area (Å²) in [5.41, 5.74) is 13.2. The molecule has 0 atom stereocenters. The minimum Gasteiger partial charge on any atom is -0.397 e. The van der Waals surface area contributed by atoms with E-state index in [0.717, 1.165) is 28.8 Å². The van der Waals surface area contributed by atoms with E-state index in [-0.39, 0.29) is 0 Å². The Morgan fingerprint density at radius 2 is 1.70 bits per heavy atom. The fourth-order valence-electron chi connectivity index (χ4n) is 2.32. The summed E-state index contributed by atoms with van der Waals surface area (Å²) in [5, 5.41) is 3.40. The predicted octanol–water partition coefficient (Wildman–Crippen LogP) is 4.61. The van der Waals surface area contributed by atoms with E-state index < -0.39 is 0 Å². The first-order chi connectivity index (χ1) is 9.47. The van der Waals surface area contributed by atoms with Crippen molar-refractivity contribution in [3.8, 4) is 0 Å². The molecule has 0 aliphatic heterocycles. The van der Waals surface area contributed by atoms with Crippen molar-refractivity contribution in [3.63, 3.8) is 0 Å². The predicted molar refractivity (Wildman–Crippen MR) is 91.4 cm³/mol. The molecule has 0 aromatic heterocycles. The Labute approximate surface area is 129 Å². The molecule has 0 heterocycles. The van der Waals surface area contributed by atoms with Crippen LogP contribution >= 0.6 is 15.9 Å². The number of hydrogen-bond donors (Lipinski definition) is 2. The molecule has 3 heteroatoms. The van der Waals surface area contributed by atoms with Crippen molar-refractivity contribution in [2.24, 2.45) is 0 Å². The number of rotatable bonds is 4. The Bertz CT molecular complexity index is 621. The lowest BCUT2D eigenvalue weighted by Gasteiger charge is -2.12. The largest absolute Gasteiger partial charge is 0.397 e. The lowest BCUT2D eigenvalue weighted by Crippen LogP contribution is -2.08. The van der Waals surface area contributed by atoms with Crippen LogP contribution in [-0.4, -0.2) is 6.54 Å². The first-order valence-corrected chi connectivity index (χ1v) is 7.62. The molecule has 106 valence electrons. The van der Waals surface area contributed by atoms with Gasteiger partial charge >= 0.3 is 0 Å². The van der Waals surface area contributed by atoms with E-state index in [9.17, 15) is 0 Å². The molecule has 0 unspecified atom stereocenters. The third kappa shape index (κ3) is 3.54. The van der Waals surface area contributed by atoms with E-state index in [0.29, 0.717) is 0 Å². The summed E-state index contributed by atoms with van der Waals surface area (Å²) >= 11 is 3.42. The van der Waals surface area contributed by atoms with Gasteiger partial charge in [-0.25, -0.2) is 0 Å². The molecular weight excluding hydrogens is 312 g/mol. The molecule has 2 nitrogen and oxygen atoms in total. The van der Waals surface area contributed by atoms with Crippen LogP contribution < -0.4 is 11.1 Å². The molecule has 0 bridgehead atoms. The zero-order chi connectivity index (χ0) is 14.7. The summed E-state index contributed by atoms with van der Waals surface area (Å²) in [6.45, 7) is 7.39. The maximum atomic E-state index is 5.98. The van der Waals surface area contributed by atoms with Gasteiger partial charge in [0, 0.05) is 11.0 Å². The zero-order valence-corrected chi connectivity index (χ0v) is 13.8. The van der Waals surface area contributed by atoms with Crippen LogP contribution in [0.25, 0.3) is 0 Å². The fraction of sp³-hybridized carbons (Fsp3) is 0.294. The van der Waals surface area contributed by atoms with E-state index in [1.807, 2.05) is 18.2 Å². The van der Waals surface area contributed by atoms with Gasteiger partial charge in [-0.2, -0.15) is 0 Å². The summed E-state index contributed by atoms with van der Waals surface area (Å²) in [5.74, 6) is 0. The van der Waals surface area contributed by atoms with Gasteiger partial charge in [0.2, 0.25) is 0 Å². The van der Waals surface area contributed by atoms with E-state index in [1.54, 1.807) is 0 Å². The SMILES string of the molecule is Cc1cc(C)c(CCNc2ccc(Br)cc2N)cc1C. The van der Waals surface area contributed by atoms with Crippen molar-refractivity contribution in [2.45, 2.75) is 27.2 Å². The number of halogens is 1. The Morgan fingerprint density at radius 3 is 2.40 bits per heavy atom. The van der Waals surface area contributed by atoms with E-state index in [4.69, 9.17) is 5.73 Å². The third-order valence-corrected chi connectivity index (χ3v) is 4.17. The minimum atomic E-state index is 0.774. The number of aryl methyl sites for hydroxylation is 3. The highest BCUT2D eigenvalue weighted by Crippen LogP contribution is 2.23. The van der Waals surface area contributed by atoms with Crippen molar-refractivity contribution in [2.75, 3.05) is 17.6 Å². The second-order valence-electron chi connectivity index (χ2n) is 5.27. The van der Waals surface area contributed by atoms with Gasteiger partial charge < -0.3 is 11.1 Å². The van der Waals surface area contributed by atoms with Gasteiger partial charge in [0.1, 0.15) is 0 Å². The standard InChI is InChI=1S/C17H21BrN2/c1-11-8-13(3)14(9-12(11)2)6-7-20-17-5-4-15(18)10-16(17)19/h4-5,8-10,20H,6-7,19H2,1-3H3. The van der Waals surface area contributed by atoms with Gasteiger partial charge in [-0.05, 0) is 67.6 Å². The van der Waals surface area contributed by atoms with Crippen LogP contribution in [0, 0.1) is 20.8 Å². The average molecular weight is 333 g/mol. The molecule has 0 aliphatic rings. The van der Waals surface area contributed by atoms with Crippen LogP contribution in [0.5, 0.6) is 0 Å². The number of nitrogens with one attached hydrogen (secondary N) is 1. The average Bonchev–Trinajstić information content (AvgIpc) is 2.38. The lowest BCUT2D eigenvalue weighted by molar-refractivity contribution is 0.999. The van der Waals surface area contributed by atoms with Crippen molar-refractivity contribution in [1.29, 1.82) is 0 Å². The lowest BCUT2D eigenvalue weighted by atomic mass is 9.99. The number of nitrogens with two attached hydrogens (primary N) is 1. The Hall–Kier alpha value is -1.48.